The van der Waals surface area contributed by atoms with Crippen molar-refractivity contribution in [1.29, 1.82) is 0 Å². The topological polar surface area (TPSA) is 67.3 Å². The van der Waals surface area contributed by atoms with Crippen molar-refractivity contribution >= 4 is 15.7 Å². The molecule has 0 radical (unpaired) electrons. The van der Waals surface area contributed by atoms with Crippen LogP contribution in [-0.2, 0) is 9.84 Å². The van der Waals surface area contributed by atoms with Crippen LogP contribution in [0.1, 0.15) is 42.5 Å². The van der Waals surface area contributed by atoms with E-state index in [0.29, 0.717) is 18.7 Å². The standard InChI is InChI=1S/C15H20N2O3S/c18-15(12-5-4-8-16-9-12)17-10-14(11-17)21(19,20)13-6-2-1-3-7-13/h4-5,8-9,13-14H,1-3,6-7,10-11H2. The van der Waals surface area contributed by atoms with E-state index >= 15 is 0 Å². The predicted octanol–water partition coefficient (Wildman–Crippen LogP) is 1.65. The number of sulfone groups is 1. The number of likely N-dealkylation sites (tertiary alicyclic amines) is 1. The van der Waals surface area contributed by atoms with Crippen LogP contribution in [-0.4, -0.2) is 47.8 Å². The first-order valence-electron chi connectivity index (χ1n) is 7.51. The molecule has 1 aromatic heterocycles. The molecule has 1 saturated carbocycles. The van der Waals surface area contributed by atoms with Gasteiger partial charge in [-0.2, -0.15) is 0 Å². The van der Waals surface area contributed by atoms with Crippen LogP contribution < -0.4 is 0 Å². The first kappa shape index (κ1) is 14.5. The highest BCUT2D eigenvalue weighted by Crippen LogP contribution is 2.30. The summed E-state index contributed by atoms with van der Waals surface area (Å²) in [6, 6.07) is 3.42. The summed E-state index contributed by atoms with van der Waals surface area (Å²) >= 11 is 0. The second-order valence-electron chi connectivity index (χ2n) is 5.92. The van der Waals surface area contributed by atoms with Gasteiger partial charge in [0.1, 0.15) is 0 Å². The van der Waals surface area contributed by atoms with Crippen LogP contribution in [0.4, 0.5) is 0 Å². The Hall–Kier alpha value is -1.43. The fourth-order valence-electron chi connectivity index (χ4n) is 3.15. The zero-order valence-electron chi connectivity index (χ0n) is 11.9. The van der Waals surface area contributed by atoms with E-state index in [1.54, 1.807) is 23.2 Å². The van der Waals surface area contributed by atoms with Gasteiger partial charge in [-0.1, -0.05) is 19.3 Å². The zero-order chi connectivity index (χ0) is 14.9. The second-order valence-corrected chi connectivity index (χ2v) is 8.43. The quantitative estimate of drug-likeness (QED) is 0.851. The number of aromatic nitrogens is 1. The first-order valence-corrected chi connectivity index (χ1v) is 9.12. The number of carbonyl (C=O) groups is 1. The van der Waals surface area contributed by atoms with Crippen molar-refractivity contribution in [1.82, 2.24) is 9.88 Å². The van der Waals surface area contributed by atoms with Crippen molar-refractivity contribution in [2.24, 2.45) is 0 Å². The molecular weight excluding hydrogens is 288 g/mol. The maximum Gasteiger partial charge on any atom is 0.255 e. The van der Waals surface area contributed by atoms with Crippen LogP contribution >= 0.6 is 0 Å². The van der Waals surface area contributed by atoms with Gasteiger partial charge in [0.25, 0.3) is 5.91 Å². The van der Waals surface area contributed by atoms with E-state index in [4.69, 9.17) is 0 Å². The second kappa shape index (κ2) is 5.75. The highest BCUT2D eigenvalue weighted by atomic mass is 32.2. The number of hydrogen-bond acceptors (Lipinski definition) is 4. The average Bonchev–Trinajstić information content (AvgIpc) is 2.47. The monoisotopic (exact) mass is 308 g/mol. The molecule has 3 rings (SSSR count). The predicted molar refractivity (Wildman–Crippen MR) is 79.7 cm³/mol. The Bertz CT molecular complexity index is 603. The summed E-state index contributed by atoms with van der Waals surface area (Å²) in [6.07, 6.45) is 7.87. The summed E-state index contributed by atoms with van der Waals surface area (Å²) in [5.74, 6) is -0.127. The van der Waals surface area contributed by atoms with E-state index in [2.05, 4.69) is 4.98 Å². The van der Waals surface area contributed by atoms with Gasteiger partial charge in [-0.25, -0.2) is 8.42 Å². The van der Waals surface area contributed by atoms with E-state index in [1.807, 2.05) is 0 Å². The largest absolute Gasteiger partial charge is 0.336 e. The molecule has 0 unspecified atom stereocenters. The lowest BCUT2D eigenvalue weighted by Crippen LogP contribution is -2.58. The lowest BCUT2D eigenvalue weighted by molar-refractivity contribution is 0.0657. The number of hydrogen-bond donors (Lipinski definition) is 0. The zero-order valence-corrected chi connectivity index (χ0v) is 12.8. The Labute approximate surface area is 125 Å². The smallest absolute Gasteiger partial charge is 0.255 e. The lowest BCUT2D eigenvalue weighted by Gasteiger charge is -2.40. The molecule has 2 aliphatic rings. The third-order valence-electron chi connectivity index (χ3n) is 4.53. The summed E-state index contributed by atoms with van der Waals surface area (Å²) in [7, 11) is -3.08. The molecule has 0 spiro atoms. The van der Waals surface area contributed by atoms with Gasteiger partial charge in [-0.3, -0.25) is 9.78 Å². The molecule has 1 aliphatic carbocycles. The molecular formula is C15H20N2O3S. The summed E-state index contributed by atoms with van der Waals surface area (Å²) < 4.78 is 25.0. The molecule has 1 aliphatic heterocycles. The van der Waals surface area contributed by atoms with Crippen molar-refractivity contribution < 1.29 is 13.2 Å². The fourth-order valence-corrected chi connectivity index (χ4v) is 5.46. The van der Waals surface area contributed by atoms with Crippen LogP contribution in [0.3, 0.4) is 0 Å². The molecule has 0 bridgehead atoms. The summed E-state index contributed by atoms with van der Waals surface area (Å²) in [5, 5.41) is -0.562. The molecule has 1 aromatic rings. The minimum absolute atomic E-state index is 0.127. The van der Waals surface area contributed by atoms with E-state index in [0.717, 1.165) is 32.1 Å². The van der Waals surface area contributed by atoms with E-state index in [1.165, 1.54) is 6.20 Å². The molecule has 114 valence electrons. The number of pyridine rings is 1. The molecule has 1 amide bonds. The Kier molecular flexibility index (Phi) is 3.97. The minimum Gasteiger partial charge on any atom is -0.336 e. The minimum atomic E-state index is -3.08. The highest BCUT2D eigenvalue weighted by molar-refractivity contribution is 7.92. The molecule has 6 heteroatoms. The molecule has 0 N–H and O–H groups in total. The van der Waals surface area contributed by atoms with Gasteiger partial charge in [0, 0.05) is 25.5 Å². The van der Waals surface area contributed by atoms with E-state index in [-0.39, 0.29) is 16.4 Å². The van der Waals surface area contributed by atoms with Crippen LogP contribution in [0.15, 0.2) is 24.5 Å². The third-order valence-corrected chi connectivity index (χ3v) is 7.15. The van der Waals surface area contributed by atoms with Crippen LogP contribution in [0.5, 0.6) is 0 Å². The number of carbonyl (C=O) groups excluding carboxylic acids is 1. The van der Waals surface area contributed by atoms with Crippen LogP contribution in [0.2, 0.25) is 0 Å². The SMILES string of the molecule is O=C(c1cccnc1)N1CC(S(=O)(=O)C2CCCCC2)C1. The first-order chi connectivity index (χ1) is 10.1. The average molecular weight is 308 g/mol. The number of rotatable bonds is 3. The van der Waals surface area contributed by atoms with Gasteiger partial charge in [0.05, 0.1) is 16.1 Å². The Balaban J connectivity index is 1.61. The van der Waals surface area contributed by atoms with Crippen molar-refractivity contribution in [3.05, 3.63) is 30.1 Å². The van der Waals surface area contributed by atoms with Gasteiger partial charge >= 0.3 is 0 Å². The maximum atomic E-state index is 12.5. The lowest BCUT2D eigenvalue weighted by atomic mass is 10.0. The van der Waals surface area contributed by atoms with Crippen molar-refractivity contribution in [3.63, 3.8) is 0 Å². The summed E-state index contributed by atoms with van der Waals surface area (Å²) in [5.41, 5.74) is 0.519. The van der Waals surface area contributed by atoms with Gasteiger partial charge < -0.3 is 4.90 Å². The molecule has 5 nitrogen and oxygen atoms in total. The molecule has 1 saturated heterocycles. The van der Waals surface area contributed by atoms with Gasteiger partial charge in [-0.05, 0) is 25.0 Å². The fraction of sp³-hybridized carbons (Fsp3) is 0.600. The molecule has 2 heterocycles. The van der Waals surface area contributed by atoms with Gasteiger partial charge in [0.2, 0.25) is 0 Å². The summed E-state index contributed by atoms with van der Waals surface area (Å²) in [6.45, 7) is 0.652. The molecule has 21 heavy (non-hydrogen) atoms. The van der Waals surface area contributed by atoms with Crippen molar-refractivity contribution in [2.45, 2.75) is 42.6 Å². The third kappa shape index (κ3) is 2.81. The van der Waals surface area contributed by atoms with Crippen molar-refractivity contribution in [2.75, 3.05) is 13.1 Å². The van der Waals surface area contributed by atoms with E-state index < -0.39 is 9.84 Å². The number of amides is 1. The molecule has 0 aromatic carbocycles. The van der Waals surface area contributed by atoms with Crippen molar-refractivity contribution in [3.8, 4) is 0 Å². The molecule has 0 atom stereocenters. The summed E-state index contributed by atoms with van der Waals surface area (Å²) in [4.78, 5) is 17.7. The molecule has 2 fully saturated rings. The Morgan fingerprint density at radius 1 is 1.14 bits per heavy atom. The highest BCUT2D eigenvalue weighted by Gasteiger charge is 2.43. The van der Waals surface area contributed by atoms with Crippen LogP contribution in [0.25, 0.3) is 0 Å². The van der Waals surface area contributed by atoms with E-state index in [9.17, 15) is 13.2 Å². The van der Waals surface area contributed by atoms with Gasteiger partial charge in [0.15, 0.2) is 9.84 Å². The van der Waals surface area contributed by atoms with Gasteiger partial charge in [-0.15, -0.1) is 0 Å². The Morgan fingerprint density at radius 3 is 2.48 bits per heavy atom. The normalized spacial score (nSPS) is 21.0. The maximum absolute atomic E-state index is 12.5. The Morgan fingerprint density at radius 2 is 1.86 bits per heavy atom. The van der Waals surface area contributed by atoms with Crippen LogP contribution in [0, 0.1) is 0 Å². The number of nitrogens with zero attached hydrogens (tertiary/aromatic N) is 2.